The summed E-state index contributed by atoms with van der Waals surface area (Å²) >= 11 is 11.8. The molecule has 0 aromatic heterocycles. The number of nitrogen functional groups attached to an aromatic ring is 1. The Morgan fingerprint density at radius 3 is 2.56 bits per heavy atom. The molecule has 0 unspecified atom stereocenters. The minimum atomic E-state index is -0.500. The number of halogens is 3. The zero-order chi connectivity index (χ0) is 13.1. The Hall–Kier alpha value is -1.45. The normalized spacial score (nSPS) is 10.4. The van der Waals surface area contributed by atoms with Gasteiger partial charge in [-0.25, -0.2) is 4.39 Å². The van der Waals surface area contributed by atoms with Gasteiger partial charge < -0.3 is 10.5 Å². The Bertz CT molecular complexity index is 523. The van der Waals surface area contributed by atoms with Gasteiger partial charge in [-0.1, -0.05) is 29.3 Å². The Balaban J connectivity index is 2.11. The lowest BCUT2D eigenvalue weighted by molar-refractivity contribution is 0.290. The highest BCUT2D eigenvalue weighted by molar-refractivity contribution is 6.35. The van der Waals surface area contributed by atoms with Gasteiger partial charge in [0, 0.05) is 27.4 Å². The molecule has 2 rings (SSSR count). The number of hydrogen-bond acceptors (Lipinski definition) is 2. The third kappa shape index (κ3) is 3.06. The van der Waals surface area contributed by atoms with Crippen LogP contribution < -0.4 is 10.5 Å². The summed E-state index contributed by atoms with van der Waals surface area (Å²) in [7, 11) is 0. The summed E-state index contributed by atoms with van der Waals surface area (Å²) in [6.07, 6.45) is 0. The molecule has 0 aliphatic rings. The quantitative estimate of drug-likeness (QED) is 0.854. The topological polar surface area (TPSA) is 35.2 Å². The second-order valence-corrected chi connectivity index (χ2v) is 4.56. The van der Waals surface area contributed by atoms with Crippen molar-refractivity contribution in [1.82, 2.24) is 0 Å². The molecule has 0 heterocycles. The first kappa shape index (κ1) is 13.0. The van der Waals surface area contributed by atoms with Gasteiger partial charge in [-0.3, -0.25) is 0 Å². The first-order valence-electron chi connectivity index (χ1n) is 5.18. The van der Waals surface area contributed by atoms with Crippen LogP contribution in [0, 0.1) is 5.82 Å². The molecule has 0 aliphatic heterocycles. The monoisotopic (exact) mass is 285 g/mol. The summed E-state index contributed by atoms with van der Waals surface area (Å²) in [5.41, 5.74) is 6.53. The molecule has 18 heavy (non-hydrogen) atoms. The van der Waals surface area contributed by atoms with Gasteiger partial charge in [-0.2, -0.15) is 0 Å². The molecular weight excluding hydrogens is 276 g/mol. The predicted molar refractivity (Wildman–Crippen MR) is 71.6 cm³/mol. The van der Waals surface area contributed by atoms with Crippen molar-refractivity contribution in [2.24, 2.45) is 0 Å². The van der Waals surface area contributed by atoms with Crippen LogP contribution in [0.5, 0.6) is 5.75 Å². The molecule has 0 aliphatic carbocycles. The third-order valence-electron chi connectivity index (χ3n) is 2.35. The highest BCUT2D eigenvalue weighted by Gasteiger charge is 2.06. The molecule has 2 aromatic rings. The number of nitrogens with two attached hydrogens (primary N) is 1. The van der Waals surface area contributed by atoms with Gasteiger partial charge >= 0.3 is 0 Å². The van der Waals surface area contributed by atoms with Gasteiger partial charge in [0.1, 0.15) is 6.61 Å². The van der Waals surface area contributed by atoms with Gasteiger partial charge in [-0.05, 0) is 24.3 Å². The maximum Gasteiger partial charge on any atom is 0.167 e. The lowest BCUT2D eigenvalue weighted by Crippen LogP contribution is -1.99. The van der Waals surface area contributed by atoms with E-state index < -0.39 is 5.82 Å². The average molecular weight is 286 g/mol. The molecule has 0 amide bonds. The fraction of sp³-hybridized carbons (Fsp3) is 0.0769. The molecule has 0 fully saturated rings. The van der Waals surface area contributed by atoms with Crippen LogP contribution in [0.1, 0.15) is 5.56 Å². The highest BCUT2D eigenvalue weighted by atomic mass is 35.5. The van der Waals surface area contributed by atoms with E-state index in [9.17, 15) is 4.39 Å². The van der Waals surface area contributed by atoms with Crippen LogP contribution in [-0.2, 0) is 6.61 Å². The minimum Gasteiger partial charge on any atom is -0.486 e. The molecule has 0 atom stereocenters. The van der Waals surface area contributed by atoms with E-state index in [0.717, 1.165) is 5.56 Å². The Kier molecular flexibility index (Phi) is 3.94. The number of hydrogen-bond donors (Lipinski definition) is 1. The van der Waals surface area contributed by atoms with Crippen LogP contribution in [0.4, 0.5) is 10.1 Å². The maximum absolute atomic E-state index is 13.5. The van der Waals surface area contributed by atoms with Crippen LogP contribution in [0.2, 0.25) is 10.0 Å². The number of benzene rings is 2. The zero-order valence-electron chi connectivity index (χ0n) is 9.29. The maximum atomic E-state index is 13.5. The molecule has 2 N–H and O–H groups in total. The second kappa shape index (κ2) is 5.46. The van der Waals surface area contributed by atoms with Crippen molar-refractivity contribution in [3.63, 3.8) is 0 Å². The van der Waals surface area contributed by atoms with E-state index >= 15 is 0 Å². The molecular formula is C13H10Cl2FNO. The van der Waals surface area contributed by atoms with Crippen molar-refractivity contribution < 1.29 is 9.13 Å². The van der Waals surface area contributed by atoms with Crippen molar-refractivity contribution in [2.45, 2.75) is 6.61 Å². The molecule has 0 radical (unpaired) electrons. The van der Waals surface area contributed by atoms with Gasteiger partial charge in [-0.15, -0.1) is 0 Å². The van der Waals surface area contributed by atoms with Crippen molar-refractivity contribution in [3.05, 3.63) is 57.8 Å². The lowest BCUT2D eigenvalue weighted by atomic mass is 10.2. The van der Waals surface area contributed by atoms with Crippen molar-refractivity contribution in [1.29, 1.82) is 0 Å². The third-order valence-corrected chi connectivity index (χ3v) is 2.94. The summed E-state index contributed by atoms with van der Waals surface area (Å²) in [6.45, 7) is 0.164. The molecule has 0 spiro atoms. The van der Waals surface area contributed by atoms with Crippen LogP contribution in [0.3, 0.4) is 0 Å². The van der Waals surface area contributed by atoms with E-state index in [1.165, 1.54) is 12.1 Å². The van der Waals surface area contributed by atoms with Gasteiger partial charge in [0.2, 0.25) is 0 Å². The Morgan fingerprint density at radius 1 is 1.11 bits per heavy atom. The van der Waals surface area contributed by atoms with Crippen LogP contribution >= 0.6 is 23.2 Å². The predicted octanol–water partition coefficient (Wildman–Crippen LogP) is 4.29. The molecule has 5 heteroatoms. The fourth-order valence-corrected chi connectivity index (χ4v) is 1.89. The highest BCUT2D eigenvalue weighted by Crippen LogP contribution is 2.24. The summed E-state index contributed by atoms with van der Waals surface area (Å²) in [6, 6.07) is 9.31. The van der Waals surface area contributed by atoms with E-state index in [1.807, 2.05) is 0 Å². The van der Waals surface area contributed by atoms with E-state index in [-0.39, 0.29) is 12.4 Å². The number of anilines is 1. The molecule has 2 aromatic carbocycles. The fourth-order valence-electron chi connectivity index (χ4n) is 1.43. The molecule has 94 valence electrons. The van der Waals surface area contributed by atoms with E-state index in [4.69, 9.17) is 33.7 Å². The Labute approximate surface area is 114 Å². The molecule has 2 nitrogen and oxygen atoms in total. The second-order valence-electron chi connectivity index (χ2n) is 3.71. The smallest absolute Gasteiger partial charge is 0.167 e. The SMILES string of the molecule is Nc1ccc(OCc2ccc(Cl)cc2Cl)c(F)c1. The number of ether oxygens (including phenoxy) is 1. The molecule has 0 bridgehead atoms. The van der Waals surface area contributed by atoms with E-state index in [1.54, 1.807) is 24.3 Å². The van der Waals surface area contributed by atoms with Crippen molar-refractivity contribution in [2.75, 3.05) is 5.73 Å². The van der Waals surface area contributed by atoms with Gasteiger partial charge in [0.15, 0.2) is 11.6 Å². The molecule has 0 saturated carbocycles. The number of rotatable bonds is 3. The molecule has 0 saturated heterocycles. The standard InChI is InChI=1S/C13H10Cl2FNO/c14-9-2-1-8(11(15)5-9)7-18-13-4-3-10(17)6-12(13)16/h1-6H,7,17H2. The minimum absolute atomic E-state index is 0.134. The average Bonchev–Trinajstić information content (AvgIpc) is 2.30. The van der Waals surface area contributed by atoms with Crippen LogP contribution in [-0.4, -0.2) is 0 Å². The summed E-state index contributed by atoms with van der Waals surface area (Å²) < 4.78 is 18.8. The Morgan fingerprint density at radius 2 is 1.89 bits per heavy atom. The first-order valence-corrected chi connectivity index (χ1v) is 5.93. The largest absolute Gasteiger partial charge is 0.486 e. The van der Waals surface area contributed by atoms with Gasteiger partial charge in [0.05, 0.1) is 0 Å². The zero-order valence-corrected chi connectivity index (χ0v) is 10.8. The van der Waals surface area contributed by atoms with Crippen molar-refractivity contribution >= 4 is 28.9 Å². The lowest BCUT2D eigenvalue weighted by Gasteiger charge is -2.09. The van der Waals surface area contributed by atoms with Gasteiger partial charge in [0.25, 0.3) is 0 Å². The van der Waals surface area contributed by atoms with Crippen molar-refractivity contribution in [3.8, 4) is 5.75 Å². The van der Waals surface area contributed by atoms with Crippen LogP contribution in [0.15, 0.2) is 36.4 Å². The summed E-state index contributed by atoms with van der Waals surface area (Å²) in [5, 5.41) is 1.03. The summed E-state index contributed by atoms with van der Waals surface area (Å²) in [4.78, 5) is 0. The van der Waals surface area contributed by atoms with Crippen LogP contribution in [0.25, 0.3) is 0 Å². The summed E-state index contributed by atoms with van der Waals surface area (Å²) in [5.74, 6) is -0.365. The van der Waals surface area contributed by atoms with E-state index in [0.29, 0.717) is 15.7 Å². The first-order chi connectivity index (χ1) is 8.56. The van der Waals surface area contributed by atoms with E-state index in [2.05, 4.69) is 0 Å².